The van der Waals surface area contributed by atoms with Crippen LogP contribution in [0, 0.1) is 11.6 Å². The van der Waals surface area contributed by atoms with Crippen LogP contribution < -0.4 is 14.8 Å². The minimum absolute atomic E-state index is 0.101. The van der Waals surface area contributed by atoms with Crippen LogP contribution in [-0.2, 0) is 6.42 Å². The van der Waals surface area contributed by atoms with Gasteiger partial charge in [0.05, 0.1) is 20.3 Å². The van der Waals surface area contributed by atoms with Crippen LogP contribution in [0.2, 0.25) is 0 Å². The van der Waals surface area contributed by atoms with E-state index < -0.39 is 11.6 Å². The van der Waals surface area contributed by atoms with E-state index in [1.54, 1.807) is 20.3 Å². The van der Waals surface area contributed by atoms with Gasteiger partial charge in [-0.25, -0.2) is 8.78 Å². The molecule has 2 aromatic rings. The van der Waals surface area contributed by atoms with Gasteiger partial charge in [-0.1, -0.05) is 12.2 Å². The molecule has 3 nitrogen and oxygen atoms in total. The number of methoxy groups -OCH3 is 2. The maximum Gasteiger partial charge on any atom is 0.161 e. The van der Waals surface area contributed by atoms with E-state index in [-0.39, 0.29) is 11.6 Å². The molecule has 0 amide bonds. The van der Waals surface area contributed by atoms with Crippen LogP contribution in [0.15, 0.2) is 36.4 Å². The maximum absolute atomic E-state index is 13.8. The average molecular weight is 331 g/mol. The Labute approximate surface area is 139 Å². The molecule has 126 valence electrons. The highest BCUT2D eigenvalue weighted by atomic mass is 19.1. The van der Waals surface area contributed by atoms with Crippen molar-refractivity contribution >= 4 is 6.08 Å². The van der Waals surface area contributed by atoms with E-state index in [1.165, 1.54) is 6.07 Å². The van der Waals surface area contributed by atoms with E-state index in [0.29, 0.717) is 11.5 Å². The smallest absolute Gasteiger partial charge is 0.161 e. The summed E-state index contributed by atoms with van der Waals surface area (Å²) in [5.41, 5.74) is 2.43. The summed E-state index contributed by atoms with van der Waals surface area (Å²) >= 11 is 0. The number of hydrogen-bond acceptors (Lipinski definition) is 3. The van der Waals surface area contributed by atoms with Crippen molar-refractivity contribution in [3.05, 3.63) is 64.7 Å². The zero-order valence-electron chi connectivity index (χ0n) is 13.6. The summed E-state index contributed by atoms with van der Waals surface area (Å²) in [6, 6.07) is 7.22. The third-order valence-corrected chi connectivity index (χ3v) is 4.17. The molecule has 0 saturated carbocycles. The van der Waals surface area contributed by atoms with Gasteiger partial charge in [-0.2, -0.15) is 0 Å². The Morgan fingerprint density at radius 1 is 1.08 bits per heavy atom. The molecular formula is C19H19F2NO2. The second-order valence-electron chi connectivity index (χ2n) is 5.61. The van der Waals surface area contributed by atoms with Gasteiger partial charge in [0.2, 0.25) is 0 Å². The predicted molar refractivity (Wildman–Crippen MR) is 89.4 cm³/mol. The van der Waals surface area contributed by atoms with Crippen molar-refractivity contribution in [3.8, 4) is 11.5 Å². The van der Waals surface area contributed by atoms with Crippen molar-refractivity contribution < 1.29 is 18.3 Å². The topological polar surface area (TPSA) is 30.5 Å². The SMILES string of the molecule is COc1cc2c(cc1OC)C(/C=C/c1cc(F)ccc1F)NCC2. The molecule has 0 fully saturated rings. The molecule has 0 spiro atoms. The number of benzene rings is 2. The number of ether oxygens (including phenoxy) is 2. The van der Waals surface area contributed by atoms with Gasteiger partial charge in [-0.05, 0) is 47.9 Å². The van der Waals surface area contributed by atoms with Crippen LogP contribution >= 0.6 is 0 Å². The van der Waals surface area contributed by atoms with Gasteiger partial charge in [0, 0.05) is 12.1 Å². The second-order valence-corrected chi connectivity index (χ2v) is 5.61. The molecule has 0 radical (unpaired) electrons. The normalized spacial score (nSPS) is 16.9. The van der Waals surface area contributed by atoms with E-state index in [1.807, 2.05) is 18.2 Å². The molecule has 0 saturated heterocycles. The Balaban J connectivity index is 1.94. The average Bonchev–Trinajstić information content (AvgIpc) is 2.61. The van der Waals surface area contributed by atoms with Crippen molar-refractivity contribution in [2.24, 2.45) is 0 Å². The predicted octanol–water partition coefficient (Wildman–Crippen LogP) is 3.88. The molecule has 0 aliphatic carbocycles. The lowest BCUT2D eigenvalue weighted by molar-refractivity contribution is 0.353. The Bertz CT molecular complexity index is 774. The Morgan fingerprint density at radius 2 is 1.83 bits per heavy atom. The molecule has 5 heteroatoms. The number of rotatable bonds is 4. The lowest BCUT2D eigenvalue weighted by Crippen LogP contribution is -2.28. The molecule has 0 aromatic heterocycles. The monoisotopic (exact) mass is 331 g/mol. The van der Waals surface area contributed by atoms with Crippen LogP contribution in [0.4, 0.5) is 8.78 Å². The number of halogens is 2. The highest BCUT2D eigenvalue weighted by Gasteiger charge is 2.20. The zero-order chi connectivity index (χ0) is 17.1. The van der Waals surface area contributed by atoms with Gasteiger partial charge in [0.1, 0.15) is 11.6 Å². The largest absolute Gasteiger partial charge is 0.493 e. The first-order chi connectivity index (χ1) is 11.6. The van der Waals surface area contributed by atoms with Crippen molar-refractivity contribution in [3.63, 3.8) is 0 Å². The molecule has 1 N–H and O–H groups in total. The first-order valence-corrected chi connectivity index (χ1v) is 7.74. The Kier molecular flexibility index (Phi) is 4.81. The lowest BCUT2D eigenvalue weighted by atomic mass is 9.93. The number of fused-ring (bicyclic) bond motifs is 1. The van der Waals surface area contributed by atoms with E-state index in [2.05, 4.69) is 5.32 Å². The number of nitrogens with one attached hydrogen (secondary N) is 1. The minimum Gasteiger partial charge on any atom is -0.493 e. The van der Waals surface area contributed by atoms with E-state index in [0.717, 1.165) is 36.2 Å². The molecule has 3 rings (SSSR count). The maximum atomic E-state index is 13.8. The molecule has 1 atom stereocenters. The Morgan fingerprint density at radius 3 is 2.58 bits per heavy atom. The molecular weight excluding hydrogens is 312 g/mol. The summed E-state index contributed by atoms with van der Waals surface area (Å²) in [6.07, 6.45) is 4.30. The van der Waals surface area contributed by atoms with Crippen LogP contribution in [-0.4, -0.2) is 20.8 Å². The summed E-state index contributed by atoms with van der Waals surface area (Å²) in [4.78, 5) is 0. The van der Waals surface area contributed by atoms with Gasteiger partial charge in [0.25, 0.3) is 0 Å². The minimum atomic E-state index is -0.459. The summed E-state index contributed by atoms with van der Waals surface area (Å²) in [6.45, 7) is 0.795. The van der Waals surface area contributed by atoms with E-state index in [9.17, 15) is 8.78 Å². The van der Waals surface area contributed by atoms with Gasteiger partial charge in [0.15, 0.2) is 11.5 Å². The Hall–Kier alpha value is -2.40. The van der Waals surface area contributed by atoms with Gasteiger partial charge >= 0.3 is 0 Å². The fourth-order valence-electron chi connectivity index (χ4n) is 2.93. The highest BCUT2D eigenvalue weighted by molar-refractivity contribution is 5.55. The van der Waals surface area contributed by atoms with Gasteiger partial charge in [-0.15, -0.1) is 0 Å². The molecule has 2 aromatic carbocycles. The molecule has 1 heterocycles. The van der Waals surface area contributed by atoms with Crippen LogP contribution in [0.25, 0.3) is 6.08 Å². The van der Waals surface area contributed by atoms with Crippen molar-refractivity contribution in [1.82, 2.24) is 5.32 Å². The highest BCUT2D eigenvalue weighted by Crippen LogP contribution is 2.35. The quantitative estimate of drug-likeness (QED) is 0.922. The third-order valence-electron chi connectivity index (χ3n) is 4.17. The number of hydrogen-bond donors (Lipinski definition) is 1. The van der Waals surface area contributed by atoms with Crippen molar-refractivity contribution in [2.45, 2.75) is 12.5 Å². The van der Waals surface area contributed by atoms with Gasteiger partial charge < -0.3 is 14.8 Å². The van der Waals surface area contributed by atoms with Crippen LogP contribution in [0.1, 0.15) is 22.7 Å². The van der Waals surface area contributed by atoms with E-state index >= 15 is 0 Å². The second kappa shape index (κ2) is 7.01. The van der Waals surface area contributed by atoms with Crippen LogP contribution in [0.5, 0.6) is 11.5 Å². The molecule has 1 aliphatic rings. The van der Waals surface area contributed by atoms with Crippen molar-refractivity contribution in [2.75, 3.05) is 20.8 Å². The third kappa shape index (κ3) is 3.26. The lowest BCUT2D eigenvalue weighted by Gasteiger charge is -2.26. The summed E-state index contributed by atoms with van der Waals surface area (Å²) < 4.78 is 37.8. The molecule has 1 unspecified atom stereocenters. The fourth-order valence-corrected chi connectivity index (χ4v) is 2.93. The van der Waals surface area contributed by atoms with Crippen molar-refractivity contribution in [1.29, 1.82) is 0 Å². The summed E-state index contributed by atoms with van der Waals surface area (Å²) in [5.74, 6) is 0.433. The molecule has 24 heavy (non-hydrogen) atoms. The van der Waals surface area contributed by atoms with Crippen LogP contribution in [0.3, 0.4) is 0 Å². The van der Waals surface area contributed by atoms with E-state index in [4.69, 9.17) is 9.47 Å². The fraction of sp³-hybridized carbons (Fsp3) is 0.263. The summed E-state index contributed by atoms with van der Waals surface area (Å²) in [5, 5.41) is 3.37. The zero-order valence-corrected chi connectivity index (χ0v) is 13.6. The van der Waals surface area contributed by atoms with Gasteiger partial charge in [-0.3, -0.25) is 0 Å². The standard InChI is InChI=1S/C19H19F2NO2/c1-23-18-10-12-7-8-22-17(15(12)11-19(18)24-2)6-3-13-9-14(20)4-5-16(13)21/h3-6,9-11,17,22H,7-8H2,1-2H3/b6-3+. The molecule has 1 aliphatic heterocycles. The molecule has 0 bridgehead atoms. The first-order valence-electron chi connectivity index (χ1n) is 7.74. The first kappa shape index (κ1) is 16.5. The summed E-state index contributed by atoms with van der Waals surface area (Å²) in [7, 11) is 3.20.